The molecule has 3 rings (SSSR count). The number of methoxy groups -OCH3 is 1. The smallest absolute Gasteiger partial charge is 0.234 e. The Balaban J connectivity index is 2.04. The van der Waals surface area contributed by atoms with Crippen molar-refractivity contribution in [3.05, 3.63) is 65.9 Å². The van der Waals surface area contributed by atoms with Gasteiger partial charge >= 0.3 is 0 Å². The summed E-state index contributed by atoms with van der Waals surface area (Å²) in [6, 6.07) is 12.9. The Hall–Kier alpha value is -2.84. The van der Waals surface area contributed by atoms with Crippen molar-refractivity contribution in [2.45, 2.75) is 17.5 Å². The van der Waals surface area contributed by atoms with Gasteiger partial charge in [0.25, 0.3) is 0 Å². The van der Waals surface area contributed by atoms with Gasteiger partial charge in [-0.25, -0.2) is 13.5 Å². The Morgan fingerprint density at radius 2 is 1.89 bits per heavy atom. The Kier molecular flexibility index (Phi) is 4.95. The lowest BCUT2D eigenvalue weighted by Gasteiger charge is -2.34. The van der Waals surface area contributed by atoms with Crippen molar-refractivity contribution in [1.29, 1.82) is 0 Å². The van der Waals surface area contributed by atoms with Crippen LogP contribution in [0, 0.1) is 0 Å². The highest BCUT2D eigenvalue weighted by Crippen LogP contribution is 2.36. The van der Waals surface area contributed by atoms with Gasteiger partial charge in [0, 0.05) is 5.39 Å². The molecule has 1 N–H and O–H groups in total. The summed E-state index contributed by atoms with van der Waals surface area (Å²) in [6.45, 7) is 1.29. The number of ether oxygens (including phenoxy) is 1. The zero-order chi connectivity index (χ0) is 19.7. The van der Waals surface area contributed by atoms with E-state index in [1.54, 1.807) is 36.4 Å². The number of hydroxylamine groups is 2. The van der Waals surface area contributed by atoms with Crippen LogP contribution in [0.1, 0.15) is 18.1 Å². The van der Waals surface area contributed by atoms with E-state index in [0.29, 0.717) is 16.9 Å². The highest BCUT2D eigenvalue weighted by atomic mass is 32.2. The number of carbonyl (C=O) groups excluding carboxylic acids is 1. The number of carbonyl (C=O) groups is 1. The van der Waals surface area contributed by atoms with Crippen molar-refractivity contribution in [2.75, 3.05) is 7.11 Å². The summed E-state index contributed by atoms with van der Waals surface area (Å²) in [5.41, 5.74) is 1.40. The molecule has 2 aromatic carbocycles. The standard InChI is InChI=1S/C19H19NO6S/c1-19(20(22)13-21,16-4-6-17(25-2)7-5-16)27(23,24)12-14-3-8-18-15(11-14)9-10-26-18/h3-11,13,22H,12H2,1-2H3/t19-/m0/s1. The van der Waals surface area contributed by atoms with E-state index in [1.807, 2.05) is 0 Å². The van der Waals surface area contributed by atoms with Crippen LogP contribution in [-0.2, 0) is 25.3 Å². The molecular weight excluding hydrogens is 370 g/mol. The van der Waals surface area contributed by atoms with Crippen LogP contribution < -0.4 is 4.74 Å². The molecule has 142 valence electrons. The van der Waals surface area contributed by atoms with E-state index in [0.717, 1.165) is 5.39 Å². The minimum absolute atomic E-state index is 0.0844. The maximum atomic E-state index is 13.2. The van der Waals surface area contributed by atoms with Crippen LogP contribution in [0.15, 0.2) is 59.2 Å². The van der Waals surface area contributed by atoms with Gasteiger partial charge in [-0.2, -0.15) is 0 Å². The van der Waals surface area contributed by atoms with Gasteiger partial charge in [-0.05, 0) is 48.4 Å². The number of amides is 1. The quantitative estimate of drug-likeness (QED) is 0.379. The first-order valence-electron chi connectivity index (χ1n) is 8.08. The van der Waals surface area contributed by atoms with Crippen molar-refractivity contribution >= 4 is 27.2 Å². The van der Waals surface area contributed by atoms with Gasteiger partial charge in [0.15, 0.2) is 14.7 Å². The van der Waals surface area contributed by atoms with Gasteiger partial charge in [-0.3, -0.25) is 10.0 Å². The fraction of sp³-hybridized carbons (Fsp3) is 0.211. The van der Waals surface area contributed by atoms with E-state index in [-0.39, 0.29) is 22.8 Å². The summed E-state index contributed by atoms with van der Waals surface area (Å²) in [4.78, 5) is 9.30. The molecule has 0 radical (unpaired) electrons. The number of furan rings is 1. The molecule has 0 saturated heterocycles. The predicted octanol–water partition coefficient (Wildman–Crippen LogP) is 3.08. The molecule has 0 aliphatic carbocycles. The molecule has 3 aromatic rings. The first-order valence-corrected chi connectivity index (χ1v) is 9.73. The topological polar surface area (TPSA) is 97.0 Å². The molecule has 0 spiro atoms. The van der Waals surface area contributed by atoms with Crippen molar-refractivity contribution in [3.8, 4) is 5.75 Å². The van der Waals surface area contributed by atoms with Crippen molar-refractivity contribution in [3.63, 3.8) is 0 Å². The highest BCUT2D eigenvalue weighted by molar-refractivity contribution is 7.91. The SMILES string of the molecule is COc1ccc([C@@](C)(N(O)C=O)S(=O)(=O)Cc2ccc3occc3c2)cc1. The summed E-state index contributed by atoms with van der Waals surface area (Å²) in [5, 5.41) is 11.1. The largest absolute Gasteiger partial charge is 0.497 e. The number of hydrogen-bond acceptors (Lipinski definition) is 6. The van der Waals surface area contributed by atoms with Crippen molar-refractivity contribution in [2.24, 2.45) is 0 Å². The summed E-state index contributed by atoms with van der Waals surface area (Å²) in [7, 11) is -2.55. The lowest BCUT2D eigenvalue weighted by molar-refractivity contribution is -0.165. The maximum absolute atomic E-state index is 13.2. The molecule has 0 bridgehead atoms. The van der Waals surface area contributed by atoms with Crippen molar-refractivity contribution < 1.29 is 27.6 Å². The number of fused-ring (bicyclic) bond motifs is 1. The summed E-state index contributed by atoms with van der Waals surface area (Å²) < 4.78 is 36.8. The molecule has 0 fully saturated rings. The lowest BCUT2D eigenvalue weighted by Crippen LogP contribution is -2.47. The lowest BCUT2D eigenvalue weighted by atomic mass is 10.1. The number of benzene rings is 2. The average molecular weight is 389 g/mol. The van der Waals surface area contributed by atoms with Crippen LogP contribution >= 0.6 is 0 Å². The average Bonchev–Trinajstić information content (AvgIpc) is 3.14. The van der Waals surface area contributed by atoms with Crippen LogP contribution in [0.3, 0.4) is 0 Å². The Bertz CT molecular complexity index is 1060. The predicted molar refractivity (Wildman–Crippen MR) is 98.9 cm³/mol. The van der Waals surface area contributed by atoms with Crippen LogP contribution in [0.4, 0.5) is 0 Å². The first kappa shape index (κ1) is 18.9. The molecule has 0 saturated carbocycles. The fourth-order valence-electron chi connectivity index (χ4n) is 2.92. The number of nitrogens with zero attached hydrogens (tertiary/aromatic N) is 1. The van der Waals surface area contributed by atoms with E-state index in [2.05, 4.69) is 0 Å². The molecule has 27 heavy (non-hydrogen) atoms. The minimum atomic E-state index is -4.04. The molecule has 0 aliphatic heterocycles. The van der Waals surface area contributed by atoms with Crippen LogP contribution in [-0.4, -0.2) is 32.2 Å². The second-order valence-electron chi connectivity index (χ2n) is 6.21. The Morgan fingerprint density at radius 3 is 2.52 bits per heavy atom. The molecule has 1 amide bonds. The fourth-order valence-corrected chi connectivity index (χ4v) is 4.64. The molecule has 0 aliphatic rings. The summed E-state index contributed by atoms with van der Waals surface area (Å²) >= 11 is 0. The third kappa shape index (κ3) is 3.29. The molecule has 1 heterocycles. The summed E-state index contributed by atoms with van der Waals surface area (Å²) in [5.74, 6) is 0.154. The molecule has 8 heteroatoms. The van der Waals surface area contributed by atoms with Gasteiger partial charge in [0.2, 0.25) is 6.41 Å². The molecule has 7 nitrogen and oxygen atoms in total. The normalized spacial score (nSPS) is 13.9. The van der Waals surface area contributed by atoms with E-state index >= 15 is 0 Å². The number of sulfone groups is 1. The third-order valence-corrected chi connectivity index (χ3v) is 6.99. The van der Waals surface area contributed by atoms with Crippen molar-refractivity contribution in [1.82, 2.24) is 5.06 Å². The van der Waals surface area contributed by atoms with Crippen LogP contribution in [0.5, 0.6) is 5.75 Å². The van der Waals surface area contributed by atoms with Crippen LogP contribution in [0.2, 0.25) is 0 Å². The highest BCUT2D eigenvalue weighted by Gasteiger charge is 2.46. The number of rotatable bonds is 7. The van der Waals surface area contributed by atoms with E-state index < -0.39 is 14.7 Å². The Labute approximate surface area is 156 Å². The van der Waals surface area contributed by atoms with E-state index in [9.17, 15) is 18.4 Å². The second-order valence-corrected chi connectivity index (χ2v) is 8.53. The maximum Gasteiger partial charge on any atom is 0.234 e. The zero-order valence-corrected chi connectivity index (χ0v) is 15.6. The zero-order valence-electron chi connectivity index (χ0n) is 14.8. The molecule has 1 aromatic heterocycles. The van der Waals surface area contributed by atoms with Crippen LogP contribution in [0.25, 0.3) is 11.0 Å². The summed E-state index contributed by atoms with van der Waals surface area (Å²) in [6.07, 6.45) is 1.60. The van der Waals surface area contributed by atoms with E-state index in [1.165, 1.54) is 32.4 Å². The minimum Gasteiger partial charge on any atom is -0.497 e. The molecule has 1 atom stereocenters. The molecular formula is C19H19NO6S. The molecule has 0 unspecified atom stereocenters. The van der Waals surface area contributed by atoms with Gasteiger partial charge < -0.3 is 9.15 Å². The monoisotopic (exact) mass is 389 g/mol. The third-order valence-electron chi connectivity index (χ3n) is 4.64. The number of hydrogen-bond donors (Lipinski definition) is 1. The second kappa shape index (κ2) is 7.05. The van der Waals surface area contributed by atoms with Gasteiger partial charge in [0.05, 0.1) is 19.1 Å². The van der Waals surface area contributed by atoms with Gasteiger partial charge in [-0.15, -0.1) is 0 Å². The van der Waals surface area contributed by atoms with Gasteiger partial charge in [0.1, 0.15) is 11.3 Å². The van der Waals surface area contributed by atoms with E-state index in [4.69, 9.17) is 9.15 Å². The Morgan fingerprint density at radius 1 is 1.19 bits per heavy atom. The van der Waals surface area contributed by atoms with Gasteiger partial charge in [-0.1, -0.05) is 18.2 Å². The first-order chi connectivity index (χ1) is 12.8.